The van der Waals surface area contributed by atoms with E-state index >= 15 is 0 Å². The van der Waals surface area contributed by atoms with Crippen molar-refractivity contribution in [2.75, 3.05) is 13.6 Å². The molecule has 10 heavy (non-hydrogen) atoms. The van der Waals surface area contributed by atoms with Crippen LogP contribution >= 0.6 is 0 Å². The van der Waals surface area contributed by atoms with E-state index in [2.05, 4.69) is 19.2 Å². The highest BCUT2D eigenvalue weighted by Crippen LogP contribution is 2.10. The van der Waals surface area contributed by atoms with E-state index in [9.17, 15) is 4.79 Å². The fourth-order valence-corrected chi connectivity index (χ4v) is 1.29. The van der Waals surface area contributed by atoms with Gasteiger partial charge in [-0.1, -0.05) is 13.8 Å². The third-order valence-corrected chi connectivity index (χ3v) is 1.90. The van der Waals surface area contributed by atoms with Crippen LogP contribution in [0.4, 0.5) is 0 Å². The van der Waals surface area contributed by atoms with Crippen LogP contribution < -0.4 is 5.32 Å². The monoisotopic (exact) mass is 142 g/mol. The average molecular weight is 142 g/mol. The highest BCUT2D eigenvalue weighted by Gasteiger charge is 2.28. The first-order chi connectivity index (χ1) is 4.63. The van der Waals surface area contributed by atoms with Gasteiger partial charge >= 0.3 is 0 Å². The molecule has 0 aromatic rings. The summed E-state index contributed by atoms with van der Waals surface area (Å²) in [5, 5.41) is 3.13. The van der Waals surface area contributed by atoms with Gasteiger partial charge in [0.2, 0.25) is 5.91 Å². The second kappa shape index (κ2) is 2.58. The van der Waals surface area contributed by atoms with Gasteiger partial charge in [-0.2, -0.15) is 0 Å². The zero-order chi connectivity index (χ0) is 7.72. The standard InChI is InChI=1S/C7H14N2O/c1-5(2)7-8-4-6(10)9(7)3/h5,7-8H,4H2,1-3H3/t7-/m1/s1. The van der Waals surface area contributed by atoms with Gasteiger partial charge in [-0.15, -0.1) is 0 Å². The lowest BCUT2D eigenvalue weighted by atomic mass is 10.1. The maximum Gasteiger partial charge on any atom is 0.237 e. The maximum atomic E-state index is 11.0. The normalized spacial score (nSPS) is 26.6. The summed E-state index contributed by atoms with van der Waals surface area (Å²) in [6, 6.07) is 0. The highest BCUT2D eigenvalue weighted by molar-refractivity contribution is 5.80. The van der Waals surface area contributed by atoms with Crippen LogP contribution in [0.15, 0.2) is 0 Å². The van der Waals surface area contributed by atoms with E-state index in [0.717, 1.165) is 0 Å². The van der Waals surface area contributed by atoms with Gasteiger partial charge in [0.15, 0.2) is 0 Å². The first kappa shape index (κ1) is 7.54. The number of rotatable bonds is 1. The fourth-order valence-electron chi connectivity index (χ4n) is 1.29. The van der Waals surface area contributed by atoms with Crippen molar-refractivity contribution in [1.82, 2.24) is 10.2 Å². The van der Waals surface area contributed by atoms with E-state index < -0.39 is 0 Å². The number of nitrogens with one attached hydrogen (secondary N) is 1. The number of nitrogens with zero attached hydrogens (tertiary/aromatic N) is 1. The molecule has 0 bridgehead atoms. The number of carbonyl (C=O) groups is 1. The van der Waals surface area contributed by atoms with Gasteiger partial charge in [0.25, 0.3) is 0 Å². The molecule has 0 spiro atoms. The SMILES string of the molecule is CC(C)[C@@H]1NCC(=O)N1C. The predicted octanol–water partition coefficient (Wildman–Crippen LogP) is 0.0301. The zero-order valence-electron chi connectivity index (χ0n) is 6.72. The van der Waals surface area contributed by atoms with Crippen molar-refractivity contribution in [3.05, 3.63) is 0 Å². The molecule has 0 saturated carbocycles. The summed E-state index contributed by atoms with van der Waals surface area (Å²) < 4.78 is 0. The molecule has 1 rings (SSSR count). The molecule has 0 aromatic carbocycles. The van der Waals surface area contributed by atoms with Gasteiger partial charge in [0, 0.05) is 7.05 Å². The second-order valence-electron chi connectivity index (χ2n) is 3.07. The Hall–Kier alpha value is -0.570. The first-order valence-corrected chi connectivity index (χ1v) is 3.62. The molecule has 0 radical (unpaired) electrons. The summed E-state index contributed by atoms with van der Waals surface area (Å²) in [5.74, 6) is 0.690. The lowest BCUT2D eigenvalue weighted by Crippen LogP contribution is -2.38. The largest absolute Gasteiger partial charge is 0.329 e. The Morgan fingerprint density at radius 2 is 2.30 bits per heavy atom. The van der Waals surface area contributed by atoms with Gasteiger partial charge in [0.05, 0.1) is 12.7 Å². The molecule has 1 heterocycles. The Balaban J connectivity index is 2.57. The Morgan fingerprint density at radius 3 is 2.50 bits per heavy atom. The van der Waals surface area contributed by atoms with Crippen molar-refractivity contribution in [2.24, 2.45) is 5.92 Å². The second-order valence-corrected chi connectivity index (χ2v) is 3.07. The average Bonchev–Trinajstić information content (AvgIpc) is 2.14. The van der Waals surface area contributed by atoms with Crippen LogP contribution in [0, 0.1) is 5.92 Å². The third kappa shape index (κ3) is 1.14. The van der Waals surface area contributed by atoms with Crippen molar-refractivity contribution in [3.8, 4) is 0 Å². The molecule has 0 aromatic heterocycles. The van der Waals surface area contributed by atoms with Gasteiger partial charge in [0.1, 0.15) is 0 Å². The number of hydrogen-bond acceptors (Lipinski definition) is 2. The molecular formula is C7H14N2O. The summed E-state index contributed by atoms with van der Waals surface area (Å²) in [6.07, 6.45) is 0.243. The number of hydrogen-bond donors (Lipinski definition) is 1. The van der Waals surface area contributed by atoms with Crippen LogP contribution in [-0.4, -0.2) is 30.6 Å². The minimum Gasteiger partial charge on any atom is -0.329 e. The first-order valence-electron chi connectivity index (χ1n) is 3.62. The Bertz CT molecular complexity index is 145. The quantitative estimate of drug-likeness (QED) is 0.560. The lowest BCUT2D eigenvalue weighted by Gasteiger charge is -2.22. The summed E-state index contributed by atoms with van der Waals surface area (Å²) in [7, 11) is 1.84. The Kier molecular flexibility index (Phi) is 1.94. The van der Waals surface area contributed by atoms with Gasteiger partial charge < -0.3 is 4.90 Å². The number of likely N-dealkylation sites (N-methyl/N-ethyl adjacent to an activating group) is 1. The smallest absolute Gasteiger partial charge is 0.237 e. The van der Waals surface area contributed by atoms with Crippen molar-refractivity contribution in [2.45, 2.75) is 20.0 Å². The van der Waals surface area contributed by atoms with Gasteiger partial charge in [-0.05, 0) is 5.92 Å². The van der Waals surface area contributed by atoms with Crippen molar-refractivity contribution in [1.29, 1.82) is 0 Å². The number of carbonyl (C=O) groups excluding carboxylic acids is 1. The fraction of sp³-hybridized carbons (Fsp3) is 0.857. The van der Waals surface area contributed by atoms with E-state index in [1.165, 1.54) is 0 Å². The molecule has 1 aliphatic heterocycles. The zero-order valence-corrected chi connectivity index (χ0v) is 6.72. The van der Waals surface area contributed by atoms with E-state index in [0.29, 0.717) is 12.5 Å². The number of amides is 1. The molecule has 1 N–H and O–H groups in total. The van der Waals surface area contributed by atoms with Crippen molar-refractivity contribution >= 4 is 5.91 Å². The molecule has 1 fully saturated rings. The van der Waals surface area contributed by atoms with Crippen LogP contribution in [0.25, 0.3) is 0 Å². The maximum absolute atomic E-state index is 11.0. The molecule has 0 aliphatic carbocycles. The molecule has 1 atom stereocenters. The minimum atomic E-state index is 0.193. The highest BCUT2D eigenvalue weighted by atomic mass is 16.2. The molecule has 3 heteroatoms. The van der Waals surface area contributed by atoms with E-state index in [1.54, 1.807) is 4.90 Å². The van der Waals surface area contributed by atoms with Crippen LogP contribution in [0.3, 0.4) is 0 Å². The summed E-state index contributed by atoms with van der Waals surface area (Å²) in [5.41, 5.74) is 0. The minimum absolute atomic E-state index is 0.193. The lowest BCUT2D eigenvalue weighted by molar-refractivity contribution is -0.127. The van der Waals surface area contributed by atoms with Gasteiger partial charge in [-0.3, -0.25) is 10.1 Å². The van der Waals surface area contributed by atoms with E-state index in [-0.39, 0.29) is 12.1 Å². The Morgan fingerprint density at radius 1 is 1.70 bits per heavy atom. The molecule has 0 unspecified atom stereocenters. The molecule has 58 valence electrons. The van der Waals surface area contributed by atoms with Gasteiger partial charge in [-0.25, -0.2) is 0 Å². The topological polar surface area (TPSA) is 32.3 Å². The molecule has 1 saturated heterocycles. The van der Waals surface area contributed by atoms with Crippen LogP contribution in [0.2, 0.25) is 0 Å². The third-order valence-electron chi connectivity index (χ3n) is 1.90. The van der Waals surface area contributed by atoms with E-state index in [4.69, 9.17) is 0 Å². The molecule has 1 amide bonds. The van der Waals surface area contributed by atoms with Crippen LogP contribution in [-0.2, 0) is 4.79 Å². The van der Waals surface area contributed by atoms with Crippen molar-refractivity contribution < 1.29 is 4.79 Å². The van der Waals surface area contributed by atoms with Crippen LogP contribution in [0.1, 0.15) is 13.8 Å². The van der Waals surface area contributed by atoms with Crippen molar-refractivity contribution in [3.63, 3.8) is 0 Å². The predicted molar refractivity (Wildman–Crippen MR) is 39.4 cm³/mol. The molecule has 1 aliphatic rings. The van der Waals surface area contributed by atoms with E-state index in [1.807, 2.05) is 7.05 Å². The summed E-state index contributed by atoms with van der Waals surface area (Å²) >= 11 is 0. The van der Waals surface area contributed by atoms with Crippen LogP contribution in [0.5, 0.6) is 0 Å². The summed E-state index contributed by atoms with van der Waals surface area (Å²) in [4.78, 5) is 12.7. The summed E-state index contributed by atoms with van der Waals surface area (Å²) in [6.45, 7) is 4.71. The Labute approximate surface area is 61.4 Å². The molecular weight excluding hydrogens is 128 g/mol. The molecule has 3 nitrogen and oxygen atoms in total.